The molecule has 0 aliphatic heterocycles. The molecule has 0 atom stereocenters. The Bertz CT molecular complexity index is 1050. The molecule has 0 spiro atoms. The molecule has 1 N–H and O–H groups in total. The molecule has 0 aliphatic carbocycles. The molecule has 3 aromatic rings. The molecule has 6 nitrogen and oxygen atoms in total. The first-order valence-corrected chi connectivity index (χ1v) is 9.97. The van der Waals surface area contributed by atoms with Crippen molar-refractivity contribution in [1.82, 2.24) is 4.98 Å². The van der Waals surface area contributed by atoms with Gasteiger partial charge in [-0.2, -0.15) is 0 Å². The summed E-state index contributed by atoms with van der Waals surface area (Å²) >= 11 is 5.01. The first-order chi connectivity index (χ1) is 13.4. The second-order valence-corrected chi connectivity index (χ2v) is 7.99. The second-order valence-electron chi connectivity index (χ2n) is 6.07. The average molecular weight is 463 g/mol. The van der Waals surface area contributed by atoms with Gasteiger partial charge in [0, 0.05) is 14.2 Å². The van der Waals surface area contributed by atoms with Crippen molar-refractivity contribution in [1.29, 1.82) is 0 Å². The minimum absolute atomic E-state index is 0.192. The average Bonchev–Trinajstić information content (AvgIpc) is 3.06. The molecule has 0 fully saturated rings. The number of carbonyl (C=O) groups is 1. The summed E-state index contributed by atoms with van der Waals surface area (Å²) in [5, 5.41) is 10.1. The summed E-state index contributed by atoms with van der Waals surface area (Å²) in [6, 6.07) is 9.56. The van der Waals surface area contributed by atoms with Crippen molar-refractivity contribution in [3.8, 4) is 5.75 Å². The van der Waals surface area contributed by atoms with E-state index in [1.54, 1.807) is 7.11 Å². The molecule has 0 radical (unpaired) electrons. The molecule has 2 aromatic carbocycles. The molecule has 0 aliphatic rings. The van der Waals surface area contributed by atoms with Crippen molar-refractivity contribution in [2.24, 2.45) is 0 Å². The quantitative estimate of drug-likeness (QED) is 0.480. The lowest BCUT2D eigenvalue weighted by Crippen LogP contribution is -2.24. The van der Waals surface area contributed by atoms with Gasteiger partial charge in [0.25, 0.3) is 0 Å². The van der Waals surface area contributed by atoms with E-state index in [9.17, 15) is 9.90 Å². The number of rotatable bonds is 6. The van der Waals surface area contributed by atoms with Crippen LogP contribution in [0.4, 0.5) is 10.5 Å². The van der Waals surface area contributed by atoms with Crippen molar-refractivity contribution >= 4 is 61.4 Å². The standard InChI is InChI=1S/C20H19BrN2O4S/c1-12-8-15-18(10-16(12)23(2)20(24)25)28-19(22-15)7-5-13-4-6-17(14(21)9-13)27-11-26-3/h4-10H,11H2,1-3H3,(H,24,25). The van der Waals surface area contributed by atoms with Crippen LogP contribution in [0.25, 0.3) is 22.4 Å². The van der Waals surface area contributed by atoms with E-state index in [0.29, 0.717) is 11.4 Å². The lowest BCUT2D eigenvalue weighted by Gasteiger charge is -2.15. The fourth-order valence-corrected chi connectivity index (χ4v) is 4.04. The molecule has 3 rings (SSSR count). The van der Waals surface area contributed by atoms with Gasteiger partial charge in [0.2, 0.25) is 0 Å². The SMILES string of the molecule is COCOc1ccc(C=Cc2nc3cc(C)c(N(C)C(=O)O)cc3s2)cc1Br. The zero-order valence-corrected chi connectivity index (χ0v) is 18.0. The summed E-state index contributed by atoms with van der Waals surface area (Å²) in [6.45, 7) is 2.08. The fraction of sp³-hybridized carbons (Fsp3) is 0.200. The summed E-state index contributed by atoms with van der Waals surface area (Å²) in [5.74, 6) is 0.713. The molecule has 28 heavy (non-hydrogen) atoms. The van der Waals surface area contributed by atoms with Crippen LogP contribution in [0.5, 0.6) is 5.75 Å². The zero-order valence-electron chi connectivity index (χ0n) is 15.6. The minimum Gasteiger partial charge on any atom is -0.466 e. The van der Waals surface area contributed by atoms with Gasteiger partial charge in [-0.25, -0.2) is 9.78 Å². The number of aromatic nitrogens is 1. The predicted octanol–water partition coefficient (Wildman–Crippen LogP) is 5.63. The smallest absolute Gasteiger partial charge is 0.411 e. The maximum Gasteiger partial charge on any atom is 0.411 e. The van der Waals surface area contributed by atoms with Gasteiger partial charge in [0.15, 0.2) is 6.79 Å². The molecule has 8 heteroatoms. The summed E-state index contributed by atoms with van der Waals surface area (Å²) in [6.07, 6.45) is 2.92. The Morgan fingerprint density at radius 1 is 1.32 bits per heavy atom. The number of nitrogens with zero attached hydrogens (tertiary/aromatic N) is 2. The molecule has 0 unspecified atom stereocenters. The van der Waals surface area contributed by atoms with Crippen LogP contribution in [-0.2, 0) is 4.74 Å². The summed E-state index contributed by atoms with van der Waals surface area (Å²) in [5.41, 5.74) is 3.39. The van der Waals surface area contributed by atoms with Gasteiger partial charge in [0.1, 0.15) is 10.8 Å². The highest BCUT2D eigenvalue weighted by molar-refractivity contribution is 9.10. The molecule has 1 heterocycles. The van der Waals surface area contributed by atoms with Crippen LogP contribution in [0.3, 0.4) is 0 Å². The van der Waals surface area contributed by atoms with Crippen LogP contribution >= 0.6 is 27.3 Å². The number of amides is 1. The lowest BCUT2D eigenvalue weighted by atomic mass is 10.2. The van der Waals surface area contributed by atoms with Crippen molar-refractivity contribution < 1.29 is 19.4 Å². The Labute approximate surface area is 175 Å². The van der Waals surface area contributed by atoms with Crippen LogP contribution in [0.1, 0.15) is 16.1 Å². The van der Waals surface area contributed by atoms with Crippen LogP contribution in [0, 0.1) is 6.92 Å². The maximum absolute atomic E-state index is 11.2. The Hall–Kier alpha value is -2.42. The minimum atomic E-state index is -0.990. The first kappa shape index (κ1) is 20.3. The largest absolute Gasteiger partial charge is 0.466 e. The van der Waals surface area contributed by atoms with Gasteiger partial charge < -0.3 is 14.6 Å². The Morgan fingerprint density at radius 3 is 2.79 bits per heavy atom. The molecule has 0 saturated carbocycles. The second kappa shape index (κ2) is 8.72. The van der Waals surface area contributed by atoms with E-state index in [0.717, 1.165) is 30.8 Å². The number of methoxy groups -OCH3 is 1. The number of anilines is 1. The van der Waals surface area contributed by atoms with E-state index in [1.165, 1.54) is 23.3 Å². The number of fused-ring (bicyclic) bond motifs is 1. The monoisotopic (exact) mass is 462 g/mol. The van der Waals surface area contributed by atoms with E-state index in [1.807, 2.05) is 49.4 Å². The van der Waals surface area contributed by atoms with Crippen molar-refractivity contribution in [3.05, 3.63) is 50.9 Å². The molecular weight excluding hydrogens is 444 g/mol. The van der Waals surface area contributed by atoms with Crippen molar-refractivity contribution in [3.63, 3.8) is 0 Å². The first-order valence-electron chi connectivity index (χ1n) is 8.36. The van der Waals surface area contributed by atoms with Gasteiger partial charge in [-0.05, 0) is 64.3 Å². The van der Waals surface area contributed by atoms with Crippen LogP contribution in [0.2, 0.25) is 0 Å². The van der Waals surface area contributed by atoms with Crippen molar-refractivity contribution in [2.45, 2.75) is 6.92 Å². The summed E-state index contributed by atoms with van der Waals surface area (Å²) in [7, 11) is 3.11. The maximum atomic E-state index is 11.2. The number of halogens is 1. The van der Waals surface area contributed by atoms with E-state index in [-0.39, 0.29) is 6.79 Å². The highest BCUT2D eigenvalue weighted by Gasteiger charge is 2.14. The van der Waals surface area contributed by atoms with Crippen molar-refractivity contribution in [2.75, 3.05) is 25.9 Å². The molecule has 0 bridgehead atoms. The van der Waals surface area contributed by atoms with E-state index in [4.69, 9.17) is 9.47 Å². The predicted molar refractivity (Wildman–Crippen MR) is 116 cm³/mol. The third-order valence-corrected chi connectivity index (χ3v) is 5.68. The number of carboxylic acid groups (broad SMARTS) is 1. The molecular formula is C20H19BrN2O4S. The van der Waals surface area contributed by atoms with E-state index in [2.05, 4.69) is 20.9 Å². The van der Waals surface area contributed by atoms with E-state index < -0.39 is 6.09 Å². The van der Waals surface area contributed by atoms with Crippen LogP contribution in [0.15, 0.2) is 34.8 Å². The molecule has 146 valence electrons. The molecule has 0 saturated heterocycles. The number of hydrogen-bond donors (Lipinski definition) is 1. The number of thiazole rings is 1. The number of aryl methyl sites for hydroxylation is 1. The zero-order chi connectivity index (χ0) is 20.3. The number of benzene rings is 2. The fourth-order valence-electron chi connectivity index (χ4n) is 2.65. The summed E-state index contributed by atoms with van der Waals surface area (Å²) < 4.78 is 12.1. The van der Waals surface area contributed by atoms with Gasteiger partial charge in [0.05, 0.1) is 20.4 Å². The topological polar surface area (TPSA) is 71.9 Å². The summed E-state index contributed by atoms with van der Waals surface area (Å²) in [4.78, 5) is 17.1. The Kier molecular flexibility index (Phi) is 6.33. The third-order valence-electron chi connectivity index (χ3n) is 4.08. The highest BCUT2D eigenvalue weighted by atomic mass is 79.9. The van der Waals surface area contributed by atoms with Crippen LogP contribution < -0.4 is 9.64 Å². The normalized spacial score (nSPS) is 11.3. The highest BCUT2D eigenvalue weighted by Crippen LogP contribution is 2.31. The van der Waals surface area contributed by atoms with Gasteiger partial charge >= 0.3 is 6.09 Å². The Morgan fingerprint density at radius 2 is 2.11 bits per heavy atom. The molecule has 1 amide bonds. The van der Waals surface area contributed by atoms with Gasteiger partial charge in [-0.15, -0.1) is 11.3 Å². The van der Waals surface area contributed by atoms with Crippen LogP contribution in [-0.4, -0.2) is 37.1 Å². The Balaban J connectivity index is 1.84. The number of ether oxygens (including phenoxy) is 2. The van der Waals surface area contributed by atoms with E-state index >= 15 is 0 Å². The molecule has 1 aromatic heterocycles. The van der Waals surface area contributed by atoms with Gasteiger partial charge in [-0.1, -0.05) is 12.1 Å². The third kappa shape index (κ3) is 4.52. The lowest BCUT2D eigenvalue weighted by molar-refractivity contribution is 0.0506. The van der Waals surface area contributed by atoms with Gasteiger partial charge in [-0.3, -0.25) is 4.90 Å². The number of hydrogen-bond acceptors (Lipinski definition) is 5.